The first-order valence-corrected chi connectivity index (χ1v) is 6.51. The van der Waals surface area contributed by atoms with Gasteiger partial charge >= 0.3 is 0 Å². The van der Waals surface area contributed by atoms with Crippen molar-refractivity contribution in [2.75, 3.05) is 20.3 Å². The van der Waals surface area contributed by atoms with E-state index in [0.717, 1.165) is 13.2 Å². The monoisotopic (exact) mass is 237 g/mol. The molecule has 3 unspecified atom stereocenters. The highest BCUT2D eigenvalue weighted by Crippen LogP contribution is 2.29. The average Bonchev–Trinajstić information content (AvgIpc) is 2.97. The van der Waals surface area contributed by atoms with Gasteiger partial charge in [-0.2, -0.15) is 0 Å². The predicted octanol–water partition coefficient (Wildman–Crippen LogP) is 1.85. The molecule has 1 aliphatic carbocycles. The van der Waals surface area contributed by atoms with Crippen LogP contribution in [0.5, 0.6) is 0 Å². The molecule has 0 bridgehead atoms. The molecule has 1 aliphatic rings. The van der Waals surface area contributed by atoms with E-state index in [-0.39, 0.29) is 0 Å². The zero-order valence-corrected chi connectivity index (χ0v) is 10.8. The van der Waals surface area contributed by atoms with E-state index in [0.29, 0.717) is 18.0 Å². The lowest BCUT2D eigenvalue weighted by molar-refractivity contribution is 0.155. The van der Waals surface area contributed by atoms with Gasteiger partial charge in [0.1, 0.15) is 0 Å². The maximum absolute atomic E-state index is 5.16. The first-order chi connectivity index (χ1) is 8.31. The van der Waals surface area contributed by atoms with Crippen molar-refractivity contribution in [1.82, 2.24) is 14.9 Å². The number of imidazole rings is 1. The van der Waals surface area contributed by atoms with Gasteiger partial charge in [-0.05, 0) is 25.2 Å². The number of nitrogens with one attached hydrogen (secondary N) is 1. The summed E-state index contributed by atoms with van der Waals surface area (Å²) in [5, 5.41) is 3.68. The minimum atomic E-state index is 0.573. The number of aromatic nitrogens is 2. The van der Waals surface area contributed by atoms with E-state index in [9.17, 15) is 0 Å². The largest absolute Gasteiger partial charge is 0.384 e. The Kier molecular flexibility index (Phi) is 4.57. The van der Waals surface area contributed by atoms with E-state index in [1.165, 1.54) is 19.3 Å². The lowest BCUT2D eigenvalue weighted by Gasteiger charge is -2.23. The number of rotatable bonds is 6. The summed E-state index contributed by atoms with van der Waals surface area (Å²) in [6.07, 6.45) is 9.70. The van der Waals surface area contributed by atoms with Crippen LogP contribution in [0.15, 0.2) is 18.7 Å². The third kappa shape index (κ3) is 3.30. The Labute approximate surface area is 103 Å². The zero-order valence-electron chi connectivity index (χ0n) is 10.8. The molecule has 96 valence electrons. The summed E-state index contributed by atoms with van der Waals surface area (Å²) in [6, 6.07) is 1.16. The van der Waals surface area contributed by atoms with Gasteiger partial charge in [0.15, 0.2) is 0 Å². The highest BCUT2D eigenvalue weighted by molar-refractivity contribution is 4.91. The molecule has 0 aliphatic heterocycles. The number of methoxy groups -OCH3 is 1. The zero-order chi connectivity index (χ0) is 12.1. The summed E-state index contributed by atoms with van der Waals surface area (Å²) in [5.41, 5.74) is 0. The number of nitrogens with zero attached hydrogens (tertiary/aromatic N) is 2. The van der Waals surface area contributed by atoms with Crippen molar-refractivity contribution in [2.24, 2.45) is 5.92 Å². The normalized spacial score (nSPS) is 26.2. The summed E-state index contributed by atoms with van der Waals surface area (Å²) in [4.78, 5) is 4.14. The smallest absolute Gasteiger partial charge is 0.0949 e. The van der Waals surface area contributed by atoms with Gasteiger partial charge < -0.3 is 14.6 Å². The molecule has 4 nitrogen and oxygen atoms in total. The fourth-order valence-corrected chi connectivity index (χ4v) is 2.70. The van der Waals surface area contributed by atoms with Gasteiger partial charge in [-0.25, -0.2) is 4.98 Å². The molecule has 1 aromatic rings. The van der Waals surface area contributed by atoms with Crippen LogP contribution >= 0.6 is 0 Å². The van der Waals surface area contributed by atoms with Crippen molar-refractivity contribution in [3.8, 4) is 0 Å². The van der Waals surface area contributed by atoms with E-state index in [4.69, 9.17) is 4.74 Å². The van der Waals surface area contributed by atoms with Crippen LogP contribution in [0.25, 0.3) is 0 Å². The van der Waals surface area contributed by atoms with Crippen LogP contribution in [0.4, 0.5) is 0 Å². The van der Waals surface area contributed by atoms with E-state index in [1.807, 2.05) is 12.5 Å². The molecule has 0 radical (unpaired) electrons. The molecule has 1 heterocycles. The lowest BCUT2D eigenvalue weighted by atomic mass is 10.1. The van der Waals surface area contributed by atoms with Crippen LogP contribution in [0.1, 0.15) is 32.2 Å². The molecule has 1 aromatic heterocycles. The van der Waals surface area contributed by atoms with Crippen molar-refractivity contribution >= 4 is 0 Å². The Bertz CT molecular complexity index is 312. The van der Waals surface area contributed by atoms with Gasteiger partial charge in [0.2, 0.25) is 0 Å². The minimum Gasteiger partial charge on any atom is -0.384 e. The van der Waals surface area contributed by atoms with Crippen molar-refractivity contribution in [3.05, 3.63) is 18.7 Å². The second kappa shape index (κ2) is 6.17. The molecule has 0 spiro atoms. The molecule has 0 saturated heterocycles. The maximum atomic E-state index is 5.16. The Morgan fingerprint density at radius 3 is 3.12 bits per heavy atom. The van der Waals surface area contributed by atoms with E-state index >= 15 is 0 Å². The maximum Gasteiger partial charge on any atom is 0.0949 e. The second-order valence-corrected chi connectivity index (χ2v) is 5.08. The first kappa shape index (κ1) is 12.6. The van der Waals surface area contributed by atoms with Crippen LogP contribution in [0.2, 0.25) is 0 Å². The molecule has 17 heavy (non-hydrogen) atoms. The van der Waals surface area contributed by atoms with Crippen molar-refractivity contribution in [3.63, 3.8) is 0 Å². The van der Waals surface area contributed by atoms with Crippen molar-refractivity contribution in [2.45, 2.75) is 38.3 Å². The third-order valence-corrected chi connectivity index (χ3v) is 3.57. The molecule has 0 amide bonds. The molecule has 3 atom stereocenters. The van der Waals surface area contributed by atoms with Gasteiger partial charge in [0.05, 0.1) is 6.33 Å². The van der Waals surface area contributed by atoms with Crippen LogP contribution in [0, 0.1) is 5.92 Å². The molecular weight excluding hydrogens is 214 g/mol. The Morgan fingerprint density at radius 2 is 2.41 bits per heavy atom. The topological polar surface area (TPSA) is 39.1 Å². The summed E-state index contributed by atoms with van der Waals surface area (Å²) < 4.78 is 7.40. The predicted molar refractivity (Wildman–Crippen MR) is 67.9 cm³/mol. The van der Waals surface area contributed by atoms with Crippen LogP contribution in [-0.4, -0.2) is 35.9 Å². The highest BCUT2D eigenvalue weighted by Gasteiger charge is 2.27. The summed E-state index contributed by atoms with van der Waals surface area (Å²) >= 11 is 0. The summed E-state index contributed by atoms with van der Waals surface area (Å²) in [7, 11) is 1.76. The molecule has 1 fully saturated rings. The van der Waals surface area contributed by atoms with Gasteiger partial charge in [-0.3, -0.25) is 0 Å². The van der Waals surface area contributed by atoms with E-state index < -0.39 is 0 Å². The highest BCUT2D eigenvalue weighted by atomic mass is 16.5. The minimum absolute atomic E-state index is 0.573. The van der Waals surface area contributed by atoms with Crippen molar-refractivity contribution in [1.29, 1.82) is 0 Å². The third-order valence-electron chi connectivity index (χ3n) is 3.57. The number of hydrogen-bond donors (Lipinski definition) is 1. The van der Waals surface area contributed by atoms with Crippen LogP contribution in [-0.2, 0) is 4.74 Å². The Morgan fingerprint density at radius 1 is 1.53 bits per heavy atom. The first-order valence-electron chi connectivity index (χ1n) is 6.51. The van der Waals surface area contributed by atoms with Gasteiger partial charge in [-0.15, -0.1) is 0 Å². The quantitative estimate of drug-likeness (QED) is 0.820. The number of hydrogen-bond acceptors (Lipinski definition) is 3. The Hall–Kier alpha value is -0.870. The molecular formula is C13H23N3O. The van der Waals surface area contributed by atoms with Crippen LogP contribution in [0.3, 0.4) is 0 Å². The van der Waals surface area contributed by atoms with E-state index in [1.54, 1.807) is 7.11 Å². The van der Waals surface area contributed by atoms with Gasteiger partial charge in [-0.1, -0.05) is 6.92 Å². The van der Waals surface area contributed by atoms with Crippen molar-refractivity contribution < 1.29 is 4.74 Å². The fraction of sp³-hybridized carbons (Fsp3) is 0.769. The Balaban J connectivity index is 1.83. The molecule has 1 N–H and O–H groups in total. The fourth-order valence-electron chi connectivity index (χ4n) is 2.70. The summed E-state index contributed by atoms with van der Waals surface area (Å²) in [6.45, 7) is 4.08. The van der Waals surface area contributed by atoms with E-state index in [2.05, 4.69) is 28.0 Å². The molecule has 1 saturated carbocycles. The van der Waals surface area contributed by atoms with Crippen LogP contribution < -0.4 is 5.32 Å². The SMILES string of the molecule is COCC(C)CNC1CCCC1n1ccnc1. The summed E-state index contributed by atoms with van der Waals surface area (Å²) in [5.74, 6) is 0.573. The molecule has 0 aromatic carbocycles. The lowest BCUT2D eigenvalue weighted by Crippen LogP contribution is -2.37. The van der Waals surface area contributed by atoms with Gasteiger partial charge in [0.25, 0.3) is 0 Å². The standard InChI is InChI=1S/C13H23N3O/c1-11(9-17-2)8-15-12-4-3-5-13(12)16-7-6-14-10-16/h6-7,10-13,15H,3-5,8-9H2,1-2H3. The molecule has 4 heteroatoms. The van der Waals surface area contributed by atoms with Gasteiger partial charge in [0, 0.05) is 44.7 Å². The number of ether oxygens (including phenoxy) is 1. The molecule has 2 rings (SSSR count). The second-order valence-electron chi connectivity index (χ2n) is 5.08. The average molecular weight is 237 g/mol.